The molecule has 1 fully saturated rings. The zero-order chi connectivity index (χ0) is 19.3. The molecule has 1 saturated heterocycles. The van der Waals surface area contributed by atoms with E-state index in [1.165, 1.54) is 0 Å². The average molecular weight is 387 g/mol. The predicted molar refractivity (Wildman–Crippen MR) is 92.0 cm³/mol. The summed E-state index contributed by atoms with van der Waals surface area (Å²) in [7, 11) is -4.08. The Balaban J connectivity index is 1.80. The first-order valence-electron chi connectivity index (χ1n) is 8.04. The van der Waals surface area contributed by atoms with Crippen molar-refractivity contribution in [2.24, 2.45) is 0 Å². The van der Waals surface area contributed by atoms with Crippen LogP contribution in [0.1, 0.15) is 28.5 Å². The Hall–Kier alpha value is -3.11. The summed E-state index contributed by atoms with van der Waals surface area (Å²) in [6, 6.07) is 11.0. The molecule has 0 bridgehead atoms. The molecule has 2 aromatic carbocycles. The number of imide groups is 1. The number of hydrogen-bond acceptors (Lipinski definition) is 6. The first-order chi connectivity index (χ1) is 12.8. The third-order valence-corrected chi connectivity index (χ3v) is 6.54. The lowest BCUT2D eigenvalue weighted by Gasteiger charge is -2.37. The number of nitro benzene ring substituents is 1. The summed E-state index contributed by atoms with van der Waals surface area (Å²) in [5.74, 6) is -0.958. The molecule has 2 heterocycles. The molecule has 0 N–H and O–H groups in total. The van der Waals surface area contributed by atoms with E-state index in [4.69, 9.17) is 0 Å². The molecule has 0 aromatic heterocycles. The monoisotopic (exact) mass is 387 g/mol. The molecule has 9 nitrogen and oxygen atoms in total. The van der Waals surface area contributed by atoms with E-state index in [0.29, 0.717) is 11.1 Å². The van der Waals surface area contributed by atoms with Gasteiger partial charge in [-0.1, -0.05) is 18.2 Å². The van der Waals surface area contributed by atoms with Crippen molar-refractivity contribution in [1.29, 1.82) is 0 Å². The van der Waals surface area contributed by atoms with Crippen molar-refractivity contribution in [2.45, 2.75) is 17.5 Å². The minimum atomic E-state index is -4.08. The van der Waals surface area contributed by atoms with E-state index in [2.05, 4.69) is 0 Å². The molecule has 138 valence electrons. The number of carbonyl (C=O) groups excluding carboxylic acids is 2. The third kappa shape index (κ3) is 2.53. The average Bonchev–Trinajstić information content (AvgIpc) is 2.96. The van der Waals surface area contributed by atoms with Gasteiger partial charge in [0.25, 0.3) is 11.6 Å². The molecule has 4 rings (SSSR count). The lowest BCUT2D eigenvalue weighted by Crippen LogP contribution is -2.51. The topological polar surface area (TPSA) is 118 Å². The Labute approximate surface area is 154 Å². The number of fused-ring (bicyclic) bond motifs is 3. The molecular formula is C17H13N3O6S. The van der Waals surface area contributed by atoms with Crippen LogP contribution in [0.25, 0.3) is 0 Å². The highest BCUT2D eigenvalue weighted by molar-refractivity contribution is 7.89. The SMILES string of the molecule is O=C1CCN(S(=O)(=O)c2ccc([N+](=O)[O-])cc2)[C@H]2c3ccccc3C(=O)N12. The lowest BCUT2D eigenvalue weighted by molar-refractivity contribution is -0.384. The van der Waals surface area contributed by atoms with Gasteiger partial charge in [-0.3, -0.25) is 24.6 Å². The van der Waals surface area contributed by atoms with Crippen molar-refractivity contribution in [2.75, 3.05) is 6.54 Å². The van der Waals surface area contributed by atoms with Gasteiger partial charge in [0.2, 0.25) is 15.9 Å². The molecule has 0 unspecified atom stereocenters. The maximum absolute atomic E-state index is 13.1. The largest absolute Gasteiger partial charge is 0.274 e. The normalized spacial score (nSPS) is 19.7. The van der Waals surface area contributed by atoms with Crippen LogP contribution in [-0.4, -0.2) is 40.9 Å². The fraction of sp³-hybridized carbons (Fsp3) is 0.176. The number of nitrogens with zero attached hydrogens (tertiary/aromatic N) is 3. The zero-order valence-corrected chi connectivity index (χ0v) is 14.6. The van der Waals surface area contributed by atoms with Gasteiger partial charge in [-0.15, -0.1) is 0 Å². The Kier molecular flexibility index (Phi) is 3.82. The molecule has 2 aliphatic rings. The molecule has 0 spiro atoms. The summed E-state index contributed by atoms with van der Waals surface area (Å²) in [5.41, 5.74) is 0.508. The van der Waals surface area contributed by atoms with Crippen molar-refractivity contribution in [3.63, 3.8) is 0 Å². The number of rotatable bonds is 3. The van der Waals surface area contributed by atoms with Crippen LogP contribution in [-0.2, 0) is 14.8 Å². The summed E-state index contributed by atoms with van der Waals surface area (Å²) in [6.07, 6.45) is -1.17. The van der Waals surface area contributed by atoms with Crippen molar-refractivity contribution in [3.8, 4) is 0 Å². The van der Waals surface area contributed by atoms with Gasteiger partial charge in [0.15, 0.2) is 0 Å². The van der Waals surface area contributed by atoms with Gasteiger partial charge in [0.1, 0.15) is 6.17 Å². The van der Waals surface area contributed by atoms with Gasteiger partial charge in [0, 0.05) is 36.2 Å². The van der Waals surface area contributed by atoms with E-state index < -0.39 is 32.9 Å². The number of amides is 2. The van der Waals surface area contributed by atoms with Gasteiger partial charge in [-0.25, -0.2) is 8.42 Å². The molecular weight excluding hydrogens is 374 g/mol. The zero-order valence-electron chi connectivity index (χ0n) is 13.8. The maximum Gasteiger partial charge on any atom is 0.269 e. The fourth-order valence-corrected chi connectivity index (χ4v) is 4.96. The van der Waals surface area contributed by atoms with Gasteiger partial charge in [-0.2, -0.15) is 4.31 Å². The second-order valence-corrected chi connectivity index (χ2v) is 8.04. The highest BCUT2D eigenvalue weighted by Gasteiger charge is 2.50. The molecule has 0 radical (unpaired) electrons. The van der Waals surface area contributed by atoms with Gasteiger partial charge >= 0.3 is 0 Å². The van der Waals surface area contributed by atoms with Crippen molar-refractivity contribution >= 4 is 27.5 Å². The third-order valence-electron chi connectivity index (χ3n) is 4.67. The van der Waals surface area contributed by atoms with Crippen LogP contribution < -0.4 is 0 Å². The molecule has 2 aromatic rings. The summed E-state index contributed by atoms with van der Waals surface area (Å²) >= 11 is 0. The lowest BCUT2D eigenvalue weighted by atomic mass is 10.1. The first-order valence-corrected chi connectivity index (χ1v) is 9.48. The Morgan fingerprint density at radius 3 is 2.37 bits per heavy atom. The van der Waals surface area contributed by atoms with Crippen molar-refractivity contribution in [3.05, 3.63) is 69.8 Å². The standard InChI is InChI=1S/C17H13N3O6S/c21-15-9-10-18(16-13-3-1-2-4-14(13)17(22)19(15)16)27(25,26)12-7-5-11(6-8-12)20(23)24/h1-8,16H,9-10H2/t16-/m1/s1. The van der Waals surface area contributed by atoms with E-state index in [-0.39, 0.29) is 23.5 Å². The van der Waals surface area contributed by atoms with Gasteiger partial charge in [0.05, 0.1) is 9.82 Å². The number of sulfonamides is 1. The highest BCUT2D eigenvalue weighted by atomic mass is 32.2. The Morgan fingerprint density at radius 1 is 1.04 bits per heavy atom. The molecule has 10 heteroatoms. The minimum Gasteiger partial charge on any atom is -0.274 e. The van der Waals surface area contributed by atoms with Gasteiger partial charge in [-0.05, 0) is 18.2 Å². The van der Waals surface area contributed by atoms with Crippen molar-refractivity contribution in [1.82, 2.24) is 9.21 Å². The number of benzene rings is 2. The molecule has 2 amide bonds. The maximum atomic E-state index is 13.1. The second-order valence-electron chi connectivity index (χ2n) is 6.15. The number of carbonyl (C=O) groups is 2. The van der Waals surface area contributed by atoms with E-state index >= 15 is 0 Å². The van der Waals surface area contributed by atoms with Crippen LogP contribution >= 0.6 is 0 Å². The first kappa shape index (κ1) is 17.3. The molecule has 0 aliphatic carbocycles. The molecule has 0 saturated carbocycles. The second kappa shape index (κ2) is 5.96. The number of non-ortho nitro benzene ring substituents is 1. The van der Waals surface area contributed by atoms with Gasteiger partial charge < -0.3 is 0 Å². The van der Waals surface area contributed by atoms with Crippen LogP contribution in [0.4, 0.5) is 5.69 Å². The van der Waals surface area contributed by atoms with Crippen LogP contribution in [0.5, 0.6) is 0 Å². The molecule has 27 heavy (non-hydrogen) atoms. The number of nitro groups is 1. The van der Waals surface area contributed by atoms with E-state index in [9.17, 15) is 28.1 Å². The van der Waals surface area contributed by atoms with E-state index in [1.54, 1.807) is 24.3 Å². The smallest absolute Gasteiger partial charge is 0.269 e. The highest BCUT2D eigenvalue weighted by Crippen LogP contribution is 2.41. The Bertz CT molecular complexity index is 1080. The summed E-state index contributed by atoms with van der Waals surface area (Å²) in [5, 5.41) is 10.8. The molecule has 2 aliphatic heterocycles. The summed E-state index contributed by atoms with van der Waals surface area (Å²) in [6.45, 7) is -0.0824. The quantitative estimate of drug-likeness (QED) is 0.449. The minimum absolute atomic E-state index is 0.0824. The number of hydrogen-bond donors (Lipinski definition) is 0. The summed E-state index contributed by atoms with van der Waals surface area (Å²) < 4.78 is 27.4. The van der Waals surface area contributed by atoms with Crippen LogP contribution in [0.15, 0.2) is 53.4 Å². The van der Waals surface area contributed by atoms with E-state index in [0.717, 1.165) is 33.5 Å². The molecule has 1 atom stereocenters. The predicted octanol–water partition coefficient (Wildman–Crippen LogP) is 1.67. The Morgan fingerprint density at radius 2 is 1.70 bits per heavy atom. The van der Waals surface area contributed by atoms with Crippen LogP contribution in [0, 0.1) is 10.1 Å². The van der Waals surface area contributed by atoms with E-state index in [1.807, 2.05) is 0 Å². The van der Waals surface area contributed by atoms with Crippen LogP contribution in [0.3, 0.4) is 0 Å². The van der Waals surface area contributed by atoms with Crippen molar-refractivity contribution < 1.29 is 22.9 Å². The summed E-state index contributed by atoms with van der Waals surface area (Å²) in [4.78, 5) is 35.9. The fourth-order valence-electron chi connectivity index (χ4n) is 3.41. The van der Waals surface area contributed by atoms with Crippen LogP contribution in [0.2, 0.25) is 0 Å².